The van der Waals surface area contributed by atoms with Gasteiger partial charge in [-0.15, -0.1) is 0 Å². The molecular weight excluding hydrogens is 212 g/mol. The van der Waals surface area contributed by atoms with Gasteiger partial charge in [-0.05, 0) is 43.5 Å². The quantitative estimate of drug-likeness (QED) is 0.879. The van der Waals surface area contributed by atoms with Crippen LogP contribution in [0.4, 0.5) is 0 Å². The second-order valence-corrected chi connectivity index (χ2v) is 5.06. The fourth-order valence-corrected chi connectivity index (χ4v) is 1.97. The van der Waals surface area contributed by atoms with Crippen LogP contribution in [0.25, 0.3) is 11.1 Å². The van der Waals surface area contributed by atoms with Gasteiger partial charge in [-0.1, -0.05) is 19.9 Å². The summed E-state index contributed by atoms with van der Waals surface area (Å²) in [7, 11) is 0. The summed E-state index contributed by atoms with van der Waals surface area (Å²) in [5.41, 5.74) is 4.26. The van der Waals surface area contributed by atoms with Crippen LogP contribution in [0.5, 0.6) is 0 Å². The van der Waals surface area contributed by atoms with Crippen molar-refractivity contribution in [3.8, 4) is 0 Å². The van der Waals surface area contributed by atoms with Crippen LogP contribution in [0.3, 0.4) is 0 Å². The molecule has 17 heavy (non-hydrogen) atoms. The minimum absolute atomic E-state index is 0.642. The Hall–Kier alpha value is -1.35. The second-order valence-electron chi connectivity index (χ2n) is 5.06. The molecule has 0 fully saturated rings. The van der Waals surface area contributed by atoms with Crippen molar-refractivity contribution in [2.75, 3.05) is 6.54 Å². The predicted octanol–water partition coefficient (Wildman–Crippen LogP) is 3.19. The third kappa shape index (κ3) is 2.86. The summed E-state index contributed by atoms with van der Waals surface area (Å²) >= 11 is 0. The van der Waals surface area contributed by atoms with Gasteiger partial charge in [0, 0.05) is 0 Å². The highest BCUT2D eigenvalue weighted by atomic mass is 16.3. The Kier molecular flexibility index (Phi) is 3.48. The molecule has 1 aromatic carbocycles. The molecule has 1 N–H and O–H groups in total. The lowest BCUT2D eigenvalue weighted by molar-refractivity contribution is 0.470. The molecule has 0 bridgehead atoms. The minimum atomic E-state index is 0.642. The van der Waals surface area contributed by atoms with Crippen molar-refractivity contribution in [3.63, 3.8) is 0 Å². The maximum Gasteiger partial charge on any atom is 0.209 e. The number of nitrogens with one attached hydrogen (secondary N) is 1. The highest BCUT2D eigenvalue weighted by Gasteiger charge is 2.08. The fourth-order valence-electron chi connectivity index (χ4n) is 1.97. The topological polar surface area (TPSA) is 38.1 Å². The van der Waals surface area contributed by atoms with Gasteiger partial charge in [0.2, 0.25) is 5.89 Å². The number of benzene rings is 1. The Morgan fingerprint density at radius 2 is 2.06 bits per heavy atom. The van der Waals surface area contributed by atoms with E-state index in [0.29, 0.717) is 12.5 Å². The molecule has 0 saturated carbocycles. The fraction of sp³-hybridized carbons (Fsp3) is 0.500. The predicted molar refractivity (Wildman–Crippen MR) is 70.0 cm³/mol. The smallest absolute Gasteiger partial charge is 0.209 e. The molecule has 0 atom stereocenters. The summed E-state index contributed by atoms with van der Waals surface area (Å²) in [4.78, 5) is 4.50. The van der Waals surface area contributed by atoms with E-state index < -0.39 is 0 Å². The van der Waals surface area contributed by atoms with Crippen molar-refractivity contribution in [1.82, 2.24) is 10.3 Å². The first-order valence-electron chi connectivity index (χ1n) is 6.13. The molecule has 2 rings (SSSR count). The van der Waals surface area contributed by atoms with Gasteiger partial charge in [0.15, 0.2) is 5.58 Å². The number of aromatic nitrogens is 1. The monoisotopic (exact) mass is 232 g/mol. The SMILES string of the molecule is Cc1cc(C)c2oc(CNCC(C)C)nc2c1. The lowest BCUT2D eigenvalue weighted by Gasteiger charge is -2.03. The summed E-state index contributed by atoms with van der Waals surface area (Å²) < 4.78 is 5.76. The molecule has 0 unspecified atom stereocenters. The number of oxazole rings is 1. The van der Waals surface area contributed by atoms with Crippen LogP contribution in [-0.4, -0.2) is 11.5 Å². The molecule has 1 aromatic heterocycles. The highest BCUT2D eigenvalue weighted by Crippen LogP contribution is 2.21. The van der Waals surface area contributed by atoms with Gasteiger partial charge in [0.25, 0.3) is 0 Å². The van der Waals surface area contributed by atoms with Gasteiger partial charge in [-0.25, -0.2) is 4.98 Å². The van der Waals surface area contributed by atoms with Crippen LogP contribution in [0.2, 0.25) is 0 Å². The summed E-state index contributed by atoms with van der Waals surface area (Å²) in [6, 6.07) is 4.19. The zero-order valence-electron chi connectivity index (χ0n) is 11.0. The molecule has 0 aliphatic rings. The Morgan fingerprint density at radius 3 is 2.76 bits per heavy atom. The first kappa shape index (κ1) is 12.1. The Labute approximate surface area is 102 Å². The van der Waals surface area contributed by atoms with Gasteiger partial charge < -0.3 is 9.73 Å². The van der Waals surface area contributed by atoms with E-state index in [4.69, 9.17) is 4.42 Å². The third-order valence-corrected chi connectivity index (χ3v) is 2.69. The van der Waals surface area contributed by atoms with E-state index in [1.165, 1.54) is 5.56 Å². The molecule has 0 spiro atoms. The number of nitrogens with zero attached hydrogens (tertiary/aromatic N) is 1. The summed E-state index contributed by atoms with van der Waals surface area (Å²) in [6.07, 6.45) is 0. The Balaban J connectivity index is 2.17. The van der Waals surface area contributed by atoms with Crippen molar-refractivity contribution in [2.24, 2.45) is 5.92 Å². The van der Waals surface area contributed by atoms with Crippen LogP contribution < -0.4 is 5.32 Å². The molecule has 3 nitrogen and oxygen atoms in total. The van der Waals surface area contributed by atoms with Crippen LogP contribution in [0.1, 0.15) is 30.9 Å². The first-order valence-corrected chi connectivity index (χ1v) is 6.13. The van der Waals surface area contributed by atoms with Gasteiger partial charge >= 0.3 is 0 Å². The largest absolute Gasteiger partial charge is 0.439 e. The number of aryl methyl sites for hydroxylation is 2. The molecule has 2 aromatic rings. The van der Waals surface area contributed by atoms with E-state index in [1.807, 2.05) is 0 Å². The van der Waals surface area contributed by atoms with Gasteiger partial charge in [0.1, 0.15) is 5.52 Å². The standard InChI is InChI=1S/C14H20N2O/c1-9(2)7-15-8-13-16-12-6-10(3)5-11(4)14(12)17-13/h5-6,9,15H,7-8H2,1-4H3. The van der Waals surface area contributed by atoms with E-state index in [2.05, 4.69) is 50.1 Å². The first-order chi connectivity index (χ1) is 8.06. The van der Waals surface area contributed by atoms with Crippen molar-refractivity contribution in [3.05, 3.63) is 29.2 Å². The molecular formula is C14H20N2O. The van der Waals surface area contributed by atoms with Crippen LogP contribution in [0.15, 0.2) is 16.5 Å². The summed E-state index contributed by atoms with van der Waals surface area (Å²) in [6.45, 7) is 10.2. The average molecular weight is 232 g/mol. The second kappa shape index (κ2) is 4.88. The normalized spacial score (nSPS) is 11.6. The molecule has 0 radical (unpaired) electrons. The number of fused-ring (bicyclic) bond motifs is 1. The van der Waals surface area contributed by atoms with Crippen molar-refractivity contribution in [2.45, 2.75) is 34.2 Å². The highest BCUT2D eigenvalue weighted by molar-refractivity contribution is 5.77. The van der Waals surface area contributed by atoms with E-state index in [0.717, 1.165) is 29.1 Å². The van der Waals surface area contributed by atoms with E-state index >= 15 is 0 Å². The number of hydrogen-bond acceptors (Lipinski definition) is 3. The van der Waals surface area contributed by atoms with Crippen LogP contribution in [-0.2, 0) is 6.54 Å². The van der Waals surface area contributed by atoms with Gasteiger partial charge in [0.05, 0.1) is 6.54 Å². The van der Waals surface area contributed by atoms with Crippen molar-refractivity contribution < 1.29 is 4.42 Å². The zero-order valence-corrected chi connectivity index (χ0v) is 11.0. The van der Waals surface area contributed by atoms with E-state index in [9.17, 15) is 0 Å². The molecule has 3 heteroatoms. The van der Waals surface area contributed by atoms with Crippen LogP contribution >= 0.6 is 0 Å². The number of hydrogen-bond donors (Lipinski definition) is 1. The van der Waals surface area contributed by atoms with E-state index in [1.54, 1.807) is 0 Å². The molecule has 0 amide bonds. The van der Waals surface area contributed by atoms with Crippen molar-refractivity contribution in [1.29, 1.82) is 0 Å². The third-order valence-electron chi connectivity index (χ3n) is 2.69. The Bertz CT molecular complexity index is 514. The maximum atomic E-state index is 5.76. The average Bonchev–Trinajstić information content (AvgIpc) is 2.60. The molecule has 0 aliphatic heterocycles. The summed E-state index contributed by atoms with van der Waals surface area (Å²) in [5.74, 6) is 1.41. The van der Waals surface area contributed by atoms with Gasteiger partial charge in [-0.3, -0.25) is 0 Å². The van der Waals surface area contributed by atoms with E-state index in [-0.39, 0.29) is 0 Å². The lowest BCUT2D eigenvalue weighted by Crippen LogP contribution is -2.19. The Morgan fingerprint density at radius 1 is 1.29 bits per heavy atom. The van der Waals surface area contributed by atoms with Gasteiger partial charge in [-0.2, -0.15) is 0 Å². The summed E-state index contributed by atoms with van der Waals surface area (Å²) in [5, 5.41) is 3.34. The van der Waals surface area contributed by atoms with Crippen LogP contribution in [0, 0.1) is 19.8 Å². The molecule has 1 heterocycles. The molecule has 0 saturated heterocycles. The molecule has 92 valence electrons. The van der Waals surface area contributed by atoms with Crippen molar-refractivity contribution >= 4 is 11.1 Å². The lowest BCUT2D eigenvalue weighted by atomic mass is 10.1. The zero-order chi connectivity index (χ0) is 12.4. The molecule has 0 aliphatic carbocycles. The minimum Gasteiger partial charge on any atom is -0.439 e. The maximum absolute atomic E-state index is 5.76. The number of rotatable bonds is 4.